The molecule has 0 saturated carbocycles. The molecule has 0 aliphatic carbocycles. The first-order valence-corrected chi connectivity index (χ1v) is 9.90. The molecule has 0 spiro atoms. The van der Waals surface area contributed by atoms with Crippen molar-refractivity contribution < 1.29 is 14.3 Å². The first-order chi connectivity index (χ1) is 15.4. The Kier molecular flexibility index (Phi) is 5.63. The second-order valence-corrected chi connectivity index (χ2v) is 7.30. The topological polar surface area (TPSA) is 91.5 Å². The van der Waals surface area contributed by atoms with Crippen LogP contribution in [0.3, 0.4) is 0 Å². The molecule has 1 amide bonds. The molecule has 0 unspecified atom stereocenters. The molecule has 32 heavy (non-hydrogen) atoms. The van der Waals surface area contributed by atoms with Gasteiger partial charge in [0.1, 0.15) is 17.0 Å². The van der Waals surface area contributed by atoms with E-state index in [1.807, 2.05) is 48.5 Å². The van der Waals surface area contributed by atoms with Crippen molar-refractivity contribution in [1.29, 1.82) is 0 Å². The number of carbonyl (C=O) groups is 1. The average Bonchev–Trinajstić information content (AvgIpc) is 3.08. The number of amides is 1. The van der Waals surface area contributed by atoms with E-state index < -0.39 is 11.7 Å². The van der Waals surface area contributed by atoms with Crippen LogP contribution in [-0.4, -0.2) is 51.3 Å². The quantitative estimate of drug-likeness (QED) is 0.481. The van der Waals surface area contributed by atoms with Crippen molar-refractivity contribution in [2.24, 2.45) is 7.05 Å². The number of fused-ring (bicyclic) bond motifs is 1. The Balaban J connectivity index is 1.70. The molecular weight excluding hydrogens is 410 g/mol. The first kappa shape index (κ1) is 21.1. The standard InChI is InChI=1S/C23H23N5O4/c1-26(14-15-7-5-9-17(11-15)31-3)22(29)28-19-13-24-20(25-21(19)27(2)23(28)30)16-8-6-10-18(12-16)32-4/h5-13H,14H2,1-4H3. The normalized spacial score (nSPS) is 10.9. The van der Waals surface area contributed by atoms with Crippen LogP contribution in [0.5, 0.6) is 11.5 Å². The molecule has 0 fully saturated rings. The summed E-state index contributed by atoms with van der Waals surface area (Å²) in [6.07, 6.45) is 1.50. The van der Waals surface area contributed by atoms with E-state index in [2.05, 4.69) is 9.97 Å². The lowest BCUT2D eigenvalue weighted by Gasteiger charge is -2.17. The van der Waals surface area contributed by atoms with Crippen LogP contribution >= 0.6 is 0 Å². The fourth-order valence-corrected chi connectivity index (χ4v) is 3.48. The van der Waals surface area contributed by atoms with Crippen LogP contribution in [0.25, 0.3) is 22.6 Å². The van der Waals surface area contributed by atoms with Crippen LogP contribution in [0, 0.1) is 0 Å². The van der Waals surface area contributed by atoms with Gasteiger partial charge < -0.3 is 14.4 Å². The summed E-state index contributed by atoms with van der Waals surface area (Å²) in [6.45, 7) is 0.307. The van der Waals surface area contributed by atoms with Crippen molar-refractivity contribution in [3.63, 3.8) is 0 Å². The number of imidazole rings is 1. The maximum absolute atomic E-state index is 13.2. The van der Waals surface area contributed by atoms with Crippen molar-refractivity contribution in [2.75, 3.05) is 21.3 Å². The van der Waals surface area contributed by atoms with Crippen molar-refractivity contribution in [3.8, 4) is 22.9 Å². The van der Waals surface area contributed by atoms with Crippen LogP contribution in [-0.2, 0) is 13.6 Å². The number of rotatable bonds is 5. The maximum atomic E-state index is 13.2. The Labute approximate surface area is 184 Å². The van der Waals surface area contributed by atoms with Gasteiger partial charge in [-0.05, 0) is 29.8 Å². The lowest BCUT2D eigenvalue weighted by Crippen LogP contribution is -2.37. The summed E-state index contributed by atoms with van der Waals surface area (Å²) in [6, 6.07) is 14.3. The predicted molar refractivity (Wildman–Crippen MR) is 120 cm³/mol. The molecule has 0 saturated heterocycles. The average molecular weight is 433 g/mol. The van der Waals surface area contributed by atoms with Gasteiger partial charge in [0, 0.05) is 26.2 Å². The van der Waals surface area contributed by atoms with Gasteiger partial charge >= 0.3 is 11.7 Å². The van der Waals surface area contributed by atoms with Gasteiger partial charge in [-0.2, -0.15) is 0 Å². The zero-order chi connectivity index (χ0) is 22.8. The number of ether oxygens (including phenoxy) is 2. The highest BCUT2D eigenvalue weighted by atomic mass is 16.5. The summed E-state index contributed by atoms with van der Waals surface area (Å²) in [5, 5.41) is 0. The first-order valence-electron chi connectivity index (χ1n) is 9.90. The Morgan fingerprint density at radius 1 is 1.06 bits per heavy atom. The van der Waals surface area contributed by atoms with E-state index >= 15 is 0 Å². The minimum Gasteiger partial charge on any atom is -0.497 e. The minimum absolute atomic E-state index is 0.307. The third-order valence-corrected chi connectivity index (χ3v) is 5.19. The monoisotopic (exact) mass is 433 g/mol. The summed E-state index contributed by atoms with van der Waals surface area (Å²) in [7, 11) is 6.39. The fourth-order valence-electron chi connectivity index (χ4n) is 3.48. The summed E-state index contributed by atoms with van der Waals surface area (Å²) in [5.74, 6) is 1.80. The molecule has 2 heterocycles. The molecule has 0 radical (unpaired) electrons. The molecule has 164 valence electrons. The second-order valence-electron chi connectivity index (χ2n) is 7.30. The molecule has 4 aromatic rings. The van der Waals surface area contributed by atoms with Gasteiger partial charge in [-0.25, -0.2) is 24.1 Å². The van der Waals surface area contributed by atoms with Crippen LogP contribution in [0.15, 0.2) is 59.5 Å². The van der Waals surface area contributed by atoms with Gasteiger partial charge in [0.2, 0.25) is 0 Å². The largest absolute Gasteiger partial charge is 0.497 e. The van der Waals surface area contributed by atoms with Gasteiger partial charge in [-0.1, -0.05) is 24.3 Å². The van der Waals surface area contributed by atoms with Crippen LogP contribution in [0.2, 0.25) is 0 Å². The molecule has 0 N–H and O–H groups in total. The van der Waals surface area contributed by atoms with E-state index in [4.69, 9.17) is 9.47 Å². The second kappa shape index (κ2) is 8.54. The maximum Gasteiger partial charge on any atom is 0.338 e. The molecule has 2 aromatic carbocycles. The third-order valence-electron chi connectivity index (χ3n) is 5.19. The highest BCUT2D eigenvalue weighted by Gasteiger charge is 2.22. The highest BCUT2D eigenvalue weighted by molar-refractivity contribution is 5.88. The summed E-state index contributed by atoms with van der Waals surface area (Å²) in [4.78, 5) is 36.5. The van der Waals surface area contributed by atoms with Gasteiger partial charge in [-0.15, -0.1) is 0 Å². The van der Waals surface area contributed by atoms with Gasteiger partial charge in [0.05, 0.1) is 20.4 Å². The van der Waals surface area contributed by atoms with Crippen LogP contribution in [0.4, 0.5) is 4.79 Å². The SMILES string of the molecule is COc1cccc(CN(C)C(=O)n2c(=O)n(C)c3nc(-c4cccc(OC)c4)ncc32)c1. The van der Waals surface area contributed by atoms with Gasteiger partial charge in [0.15, 0.2) is 11.5 Å². The number of aryl methyl sites for hydroxylation is 1. The number of methoxy groups -OCH3 is 2. The fraction of sp³-hybridized carbons (Fsp3) is 0.217. The van der Waals surface area contributed by atoms with E-state index in [1.165, 1.54) is 15.7 Å². The zero-order valence-corrected chi connectivity index (χ0v) is 18.3. The number of carbonyl (C=O) groups excluding carboxylic acids is 1. The number of aromatic nitrogens is 4. The molecular formula is C23H23N5O4. The van der Waals surface area contributed by atoms with Gasteiger partial charge in [0.25, 0.3) is 0 Å². The summed E-state index contributed by atoms with van der Waals surface area (Å²) < 4.78 is 12.9. The van der Waals surface area contributed by atoms with Crippen LogP contribution < -0.4 is 15.2 Å². The van der Waals surface area contributed by atoms with Crippen LogP contribution in [0.1, 0.15) is 5.56 Å². The molecule has 9 nitrogen and oxygen atoms in total. The zero-order valence-electron chi connectivity index (χ0n) is 18.3. The summed E-state index contributed by atoms with van der Waals surface area (Å²) in [5.41, 5.74) is 1.84. The molecule has 0 aliphatic heterocycles. The third kappa shape index (κ3) is 3.80. The number of hydrogen-bond acceptors (Lipinski definition) is 6. The molecule has 9 heteroatoms. The number of benzene rings is 2. The Bertz CT molecular complexity index is 1360. The lowest BCUT2D eigenvalue weighted by molar-refractivity contribution is 0.208. The van der Waals surface area contributed by atoms with Crippen molar-refractivity contribution >= 4 is 17.2 Å². The minimum atomic E-state index is -0.486. The van der Waals surface area contributed by atoms with E-state index in [1.54, 1.807) is 28.3 Å². The predicted octanol–water partition coefficient (Wildman–Crippen LogP) is 2.91. The summed E-state index contributed by atoms with van der Waals surface area (Å²) >= 11 is 0. The molecule has 4 rings (SSSR count). The highest BCUT2D eigenvalue weighted by Crippen LogP contribution is 2.22. The van der Waals surface area contributed by atoms with Crippen molar-refractivity contribution in [2.45, 2.75) is 6.54 Å². The Morgan fingerprint density at radius 2 is 1.75 bits per heavy atom. The smallest absolute Gasteiger partial charge is 0.338 e. The van der Waals surface area contributed by atoms with E-state index in [0.29, 0.717) is 35.0 Å². The Hall–Kier alpha value is -4.14. The van der Waals surface area contributed by atoms with E-state index in [0.717, 1.165) is 15.7 Å². The molecule has 0 atom stereocenters. The molecule has 2 aromatic heterocycles. The Morgan fingerprint density at radius 3 is 2.47 bits per heavy atom. The lowest BCUT2D eigenvalue weighted by atomic mass is 10.2. The van der Waals surface area contributed by atoms with Crippen molar-refractivity contribution in [3.05, 3.63) is 70.8 Å². The number of nitrogens with zero attached hydrogens (tertiary/aromatic N) is 5. The van der Waals surface area contributed by atoms with Crippen molar-refractivity contribution in [1.82, 2.24) is 24.0 Å². The van der Waals surface area contributed by atoms with E-state index in [9.17, 15) is 9.59 Å². The number of hydrogen-bond donors (Lipinski definition) is 0. The van der Waals surface area contributed by atoms with E-state index in [-0.39, 0.29) is 0 Å². The molecule has 0 aliphatic rings. The molecule has 0 bridgehead atoms. The van der Waals surface area contributed by atoms with Gasteiger partial charge in [-0.3, -0.25) is 4.57 Å².